The number of hydrogen-bond acceptors (Lipinski definition) is 0. The first-order valence-corrected chi connectivity index (χ1v) is 19.6. The van der Waals surface area contributed by atoms with Gasteiger partial charge in [0.05, 0.1) is 0 Å². The van der Waals surface area contributed by atoms with E-state index in [-0.39, 0.29) is 16.6 Å². The van der Waals surface area contributed by atoms with Gasteiger partial charge in [0, 0.05) is 0 Å². The molecular formula is C38H47FSiZr. The molecule has 2 aliphatic rings. The first kappa shape index (κ1) is 33.5. The second-order valence-corrected chi connectivity index (χ2v) is 20.1. The first-order valence-electron chi connectivity index (χ1n) is 14.7. The quantitative estimate of drug-likeness (QED) is 0.151. The van der Waals surface area contributed by atoms with Crippen LogP contribution in [0.2, 0.25) is 19.6 Å². The molecule has 0 nitrogen and oxygen atoms in total. The van der Waals surface area contributed by atoms with E-state index in [0.29, 0.717) is 5.92 Å². The zero-order valence-corrected chi connectivity index (χ0v) is 30.5. The Bertz CT molecular complexity index is 1380. The molecule has 0 radical (unpaired) electrons. The molecule has 1 unspecified atom stereocenters. The molecule has 214 valence electrons. The van der Waals surface area contributed by atoms with Crippen LogP contribution in [0.3, 0.4) is 0 Å². The normalized spacial score (nSPS) is 15.9. The van der Waals surface area contributed by atoms with Crippen molar-refractivity contribution < 1.29 is 28.6 Å². The zero-order valence-electron chi connectivity index (χ0n) is 27.0. The second kappa shape index (κ2) is 13.1. The van der Waals surface area contributed by atoms with Crippen molar-refractivity contribution in [3.05, 3.63) is 117 Å². The average molecular weight is 642 g/mol. The summed E-state index contributed by atoms with van der Waals surface area (Å²) in [5.74, 6) is 0.383. The van der Waals surface area contributed by atoms with Crippen molar-refractivity contribution in [2.24, 2.45) is 5.92 Å². The number of fused-ring (bicyclic) bond motifs is 3. The number of allylic oxidation sites excluding steroid dienone is 4. The molecule has 0 aromatic heterocycles. The first-order chi connectivity index (χ1) is 18.9. The summed E-state index contributed by atoms with van der Waals surface area (Å²) in [6, 6.07) is 21.6. The molecule has 0 fully saturated rings. The minimum absolute atomic E-state index is 0.167. The van der Waals surface area contributed by atoms with Gasteiger partial charge in [0.25, 0.3) is 0 Å². The van der Waals surface area contributed by atoms with Crippen molar-refractivity contribution in [1.82, 2.24) is 0 Å². The Labute approximate surface area is 265 Å². The third-order valence-electron chi connectivity index (χ3n) is 7.57. The van der Waals surface area contributed by atoms with Crippen LogP contribution in [0.5, 0.6) is 0 Å². The van der Waals surface area contributed by atoms with Crippen molar-refractivity contribution in [3.8, 4) is 11.1 Å². The Kier molecular flexibility index (Phi) is 10.7. The fraction of sp³-hybridized carbons (Fsp3) is 0.395. The van der Waals surface area contributed by atoms with Crippen LogP contribution < -0.4 is 0 Å². The van der Waals surface area contributed by atoms with Crippen molar-refractivity contribution in [1.29, 1.82) is 0 Å². The van der Waals surface area contributed by atoms with E-state index >= 15 is 0 Å². The number of benzene rings is 3. The Morgan fingerprint density at radius 3 is 1.95 bits per heavy atom. The van der Waals surface area contributed by atoms with E-state index in [1.165, 1.54) is 75.3 Å². The summed E-state index contributed by atoms with van der Waals surface area (Å²) < 4.78 is 14.2. The van der Waals surface area contributed by atoms with Gasteiger partial charge in [-0.1, -0.05) is 105 Å². The van der Waals surface area contributed by atoms with Crippen LogP contribution in [0.15, 0.2) is 71.4 Å². The van der Waals surface area contributed by atoms with Gasteiger partial charge in [-0.15, -0.1) is 11.1 Å². The predicted molar refractivity (Wildman–Crippen MR) is 176 cm³/mol. The van der Waals surface area contributed by atoms with E-state index in [0.717, 1.165) is 12.0 Å². The van der Waals surface area contributed by atoms with Crippen molar-refractivity contribution >= 4 is 11.8 Å². The van der Waals surface area contributed by atoms with Crippen molar-refractivity contribution in [2.45, 2.75) is 92.3 Å². The Balaban J connectivity index is 0.000000193. The van der Waals surface area contributed by atoms with E-state index in [2.05, 4.69) is 124 Å². The van der Waals surface area contributed by atoms with Gasteiger partial charge < -0.3 is 0 Å². The molecule has 5 rings (SSSR count). The summed E-state index contributed by atoms with van der Waals surface area (Å²) in [6.45, 7) is 25.2. The van der Waals surface area contributed by atoms with Gasteiger partial charge in [-0.3, -0.25) is 6.08 Å². The molecule has 3 aromatic rings. The van der Waals surface area contributed by atoms with Crippen molar-refractivity contribution in [3.63, 3.8) is 0 Å². The van der Waals surface area contributed by atoms with Crippen molar-refractivity contribution in [2.75, 3.05) is 0 Å². The monoisotopic (exact) mass is 640 g/mol. The third kappa shape index (κ3) is 9.01. The van der Waals surface area contributed by atoms with Gasteiger partial charge in [-0.05, 0) is 36.5 Å². The van der Waals surface area contributed by atoms with E-state index < -0.39 is 8.07 Å². The fourth-order valence-electron chi connectivity index (χ4n) is 5.24. The fourth-order valence-corrected chi connectivity index (χ4v) is 7.66. The maximum absolute atomic E-state index is 12.2. The molecule has 3 heteroatoms. The molecule has 0 bridgehead atoms. The van der Waals surface area contributed by atoms with Gasteiger partial charge in [-0.2, -0.15) is 29.8 Å². The number of rotatable bonds is 2. The zero-order chi connectivity index (χ0) is 30.8. The average Bonchev–Trinajstić information content (AvgIpc) is 3.42. The Morgan fingerprint density at radius 2 is 1.49 bits per heavy atom. The van der Waals surface area contributed by atoms with Crippen LogP contribution in [0, 0.1) is 23.9 Å². The number of hydrogen-bond donors (Lipinski definition) is 0. The van der Waals surface area contributed by atoms with E-state index in [1.807, 2.05) is 3.71 Å². The summed E-state index contributed by atoms with van der Waals surface area (Å²) in [5, 5.41) is 1.60. The standard InChI is InChI=1S/C21H25.C10H17Si.C7H5F.Zr/c1-20(2,3)16-7-9-18-14(12-16)11-15-13-17(21(4,5)6)8-10-19(15)18;1-8-6-9(2)10(7-8)11(3,4)5;1-6-2-4-7(8)5-3-6;/h7-10,12H,11H2,1-6H3;7-8H,1-5H3;1-5H;/q2*-1;;+2. The molecule has 2 aliphatic carbocycles. The maximum atomic E-state index is 12.2. The van der Waals surface area contributed by atoms with Crippen LogP contribution in [-0.4, -0.2) is 11.8 Å². The van der Waals surface area contributed by atoms with Gasteiger partial charge in [0.2, 0.25) is 0 Å². The summed E-state index contributed by atoms with van der Waals surface area (Å²) in [5.41, 5.74) is 11.2. The molecule has 41 heavy (non-hydrogen) atoms. The molecule has 0 heterocycles. The van der Waals surface area contributed by atoms with Gasteiger partial charge >= 0.3 is 68.0 Å². The Morgan fingerprint density at radius 1 is 0.878 bits per heavy atom. The van der Waals surface area contributed by atoms with Crippen LogP contribution in [0.1, 0.15) is 83.2 Å². The number of halogens is 1. The SMILES string of the molecule is CC(C)(C)c1[c-]c2c(cc1)-c1ccc(C(C)(C)C)cc1C2.CC1=[C-]C(C)C=C1[Si](C)(C)C.Fc1ccc([CH]=[Zr+2])cc1. The minimum atomic E-state index is -1.07. The van der Waals surface area contributed by atoms with Crippen LogP contribution in [-0.2, 0) is 41.5 Å². The van der Waals surface area contributed by atoms with Crippen LogP contribution >= 0.6 is 0 Å². The summed E-state index contributed by atoms with van der Waals surface area (Å²) in [4.78, 5) is 0. The molecule has 0 saturated heterocycles. The topological polar surface area (TPSA) is 0 Å². The van der Waals surface area contributed by atoms with E-state index in [9.17, 15) is 4.39 Å². The Hall–Kier alpha value is -1.96. The molecule has 0 amide bonds. The summed E-state index contributed by atoms with van der Waals surface area (Å²) in [7, 11) is -1.07. The second-order valence-electron chi connectivity index (χ2n) is 14.4. The molecule has 1 atom stereocenters. The summed E-state index contributed by atoms with van der Waals surface area (Å²) in [6.07, 6.45) is 6.83. The van der Waals surface area contributed by atoms with Crippen LogP contribution in [0.4, 0.5) is 4.39 Å². The van der Waals surface area contributed by atoms with E-state index in [4.69, 9.17) is 0 Å². The molecule has 3 aromatic carbocycles. The summed E-state index contributed by atoms with van der Waals surface area (Å²) >= 11 is 1.34. The van der Waals surface area contributed by atoms with Gasteiger partial charge in [0.1, 0.15) is 0 Å². The van der Waals surface area contributed by atoms with E-state index in [1.54, 1.807) is 17.3 Å². The van der Waals surface area contributed by atoms with Gasteiger partial charge in [-0.25, -0.2) is 10.8 Å². The molecular weight excluding hydrogens is 595 g/mol. The van der Waals surface area contributed by atoms with Crippen LogP contribution in [0.25, 0.3) is 11.1 Å². The molecule has 0 N–H and O–H groups in total. The van der Waals surface area contributed by atoms with Gasteiger partial charge in [0.15, 0.2) is 0 Å². The predicted octanol–water partition coefficient (Wildman–Crippen LogP) is 10.4. The molecule has 0 aliphatic heterocycles. The molecule has 0 spiro atoms. The molecule has 0 saturated carbocycles. The third-order valence-corrected chi connectivity index (χ3v) is 10.6.